The normalized spacial score (nSPS) is 13.2. The third kappa shape index (κ3) is 5.18. The van der Waals surface area contributed by atoms with Gasteiger partial charge in [0.15, 0.2) is 0 Å². The largest absolute Gasteiger partial charge is 0.383 e. The Kier molecular flexibility index (Phi) is 6.27. The molecule has 1 aromatic carbocycles. The van der Waals surface area contributed by atoms with Crippen molar-refractivity contribution in [3.05, 3.63) is 24.3 Å². The molecule has 0 aliphatic carbocycles. The maximum atomic E-state index is 11.9. The van der Waals surface area contributed by atoms with E-state index >= 15 is 0 Å². The zero-order chi connectivity index (χ0) is 14.3. The SMILES string of the molecule is CCCNS(=O)(=O)c1ccc(NCC(N)CC)cc1. The average Bonchev–Trinajstić information content (AvgIpc) is 2.43. The van der Waals surface area contributed by atoms with Crippen LogP contribution in [0.3, 0.4) is 0 Å². The Morgan fingerprint density at radius 3 is 2.37 bits per heavy atom. The summed E-state index contributed by atoms with van der Waals surface area (Å²) in [7, 11) is -3.38. The van der Waals surface area contributed by atoms with E-state index in [1.165, 1.54) is 0 Å². The van der Waals surface area contributed by atoms with Crippen molar-refractivity contribution in [2.45, 2.75) is 37.6 Å². The number of rotatable bonds is 8. The van der Waals surface area contributed by atoms with Gasteiger partial charge < -0.3 is 11.1 Å². The van der Waals surface area contributed by atoms with E-state index in [2.05, 4.69) is 10.0 Å². The lowest BCUT2D eigenvalue weighted by atomic mass is 10.2. The van der Waals surface area contributed by atoms with E-state index in [-0.39, 0.29) is 10.9 Å². The van der Waals surface area contributed by atoms with Gasteiger partial charge in [0.2, 0.25) is 10.0 Å². The summed E-state index contributed by atoms with van der Waals surface area (Å²) in [5, 5.41) is 3.18. The Labute approximate surface area is 115 Å². The Morgan fingerprint density at radius 2 is 1.84 bits per heavy atom. The number of hydrogen-bond donors (Lipinski definition) is 3. The number of anilines is 1. The number of benzene rings is 1. The Balaban J connectivity index is 2.65. The Bertz CT molecular complexity index is 471. The lowest BCUT2D eigenvalue weighted by Crippen LogP contribution is -2.28. The van der Waals surface area contributed by atoms with Crippen molar-refractivity contribution in [2.75, 3.05) is 18.4 Å². The van der Waals surface area contributed by atoms with Gasteiger partial charge in [-0.15, -0.1) is 0 Å². The maximum absolute atomic E-state index is 11.9. The highest BCUT2D eigenvalue weighted by molar-refractivity contribution is 7.89. The van der Waals surface area contributed by atoms with E-state index in [9.17, 15) is 8.42 Å². The van der Waals surface area contributed by atoms with Gasteiger partial charge in [0, 0.05) is 24.8 Å². The molecule has 1 rings (SSSR count). The summed E-state index contributed by atoms with van der Waals surface area (Å²) >= 11 is 0. The van der Waals surface area contributed by atoms with Gasteiger partial charge in [-0.25, -0.2) is 13.1 Å². The molecule has 19 heavy (non-hydrogen) atoms. The number of nitrogens with two attached hydrogens (primary N) is 1. The minimum Gasteiger partial charge on any atom is -0.383 e. The van der Waals surface area contributed by atoms with Crippen molar-refractivity contribution in [2.24, 2.45) is 5.73 Å². The van der Waals surface area contributed by atoms with Gasteiger partial charge in [-0.1, -0.05) is 13.8 Å². The molecular weight excluding hydrogens is 262 g/mol. The quantitative estimate of drug-likeness (QED) is 0.676. The first kappa shape index (κ1) is 15.9. The van der Waals surface area contributed by atoms with Crippen LogP contribution in [-0.2, 0) is 10.0 Å². The molecule has 0 fully saturated rings. The molecule has 0 aliphatic heterocycles. The molecule has 0 aromatic heterocycles. The van der Waals surface area contributed by atoms with E-state index in [4.69, 9.17) is 5.73 Å². The molecular formula is C13H23N3O2S. The lowest BCUT2D eigenvalue weighted by molar-refractivity contribution is 0.581. The summed E-state index contributed by atoms with van der Waals surface area (Å²) in [6.45, 7) is 5.08. The molecule has 6 heteroatoms. The molecule has 0 amide bonds. The molecule has 5 nitrogen and oxygen atoms in total. The van der Waals surface area contributed by atoms with Crippen LogP contribution in [0.1, 0.15) is 26.7 Å². The molecule has 0 spiro atoms. The van der Waals surface area contributed by atoms with Crippen LogP contribution in [0.2, 0.25) is 0 Å². The molecule has 0 saturated heterocycles. The van der Waals surface area contributed by atoms with Crippen LogP contribution >= 0.6 is 0 Å². The fourth-order valence-corrected chi connectivity index (χ4v) is 2.60. The maximum Gasteiger partial charge on any atom is 0.240 e. The highest BCUT2D eigenvalue weighted by atomic mass is 32.2. The second-order valence-corrected chi connectivity index (χ2v) is 6.24. The molecule has 0 saturated carbocycles. The minimum atomic E-state index is -3.38. The molecule has 1 atom stereocenters. The average molecular weight is 285 g/mol. The van der Waals surface area contributed by atoms with Gasteiger partial charge in [0.1, 0.15) is 0 Å². The first-order valence-electron chi connectivity index (χ1n) is 6.58. The zero-order valence-electron chi connectivity index (χ0n) is 11.5. The van der Waals surface area contributed by atoms with E-state index in [0.29, 0.717) is 13.1 Å². The van der Waals surface area contributed by atoms with Crippen molar-refractivity contribution < 1.29 is 8.42 Å². The molecule has 108 valence electrons. The van der Waals surface area contributed by atoms with Crippen molar-refractivity contribution in [3.8, 4) is 0 Å². The highest BCUT2D eigenvalue weighted by Crippen LogP contribution is 2.13. The van der Waals surface area contributed by atoms with Gasteiger partial charge in [-0.3, -0.25) is 0 Å². The van der Waals surface area contributed by atoms with Crippen LogP contribution in [0.5, 0.6) is 0 Å². The van der Waals surface area contributed by atoms with E-state index in [1.54, 1.807) is 24.3 Å². The van der Waals surface area contributed by atoms with Crippen LogP contribution in [0.15, 0.2) is 29.2 Å². The molecule has 0 bridgehead atoms. The predicted octanol–water partition coefficient (Wildman–Crippen LogP) is 1.52. The first-order valence-corrected chi connectivity index (χ1v) is 8.07. The zero-order valence-corrected chi connectivity index (χ0v) is 12.3. The lowest BCUT2D eigenvalue weighted by Gasteiger charge is -2.12. The van der Waals surface area contributed by atoms with Crippen LogP contribution in [0, 0.1) is 0 Å². The van der Waals surface area contributed by atoms with Gasteiger partial charge in [0.25, 0.3) is 0 Å². The minimum absolute atomic E-state index is 0.106. The second kappa shape index (κ2) is 7.47. The topological polar surface area (TPSA) is 84.2 Å². The van der Waals surface area contributed by atoms with Gasteiger partial charge in [-0.05, 0) is 37.1 Å². The van der Waals surface area contributed by atoms with E-state index < -0.39 is 10.0 Å². The molecule has 1 aromatic rings. The van der Waals surface area contributed by atoms with Crippen molar-refractivity contribution in [3.63, 3.8) is 0 Å². The van der Waals surface area contributed by atoms with Crippen molar-refractivity contribution in [1.82, 2.24) is 4.72 Å². The molecule has 0 aliphatic rings. The number of nitrogens with one attached hydrogen (secondary N) is 2. The molecule has 4 N–H and O–H groups in total. The fraction of sp³-hybridized carbons (Fsp3) is 0.538. The Hall–Kier alpha value is -1.11. The molecule has 0 radical (unpaired) electrons. The van der Waals surface area contributed by atoms with Crippen LogP contribution < -0.4 is 15.8 Å². The van der Waals surface area contributed by atoms with E-state index in [0.717, 1.165) is 18.5 Å². The molecule has 1 unspecified atom stereocenters. The third-order valence-corrected chi connectivity index (χ3v) is 4.28. The van der Waals surface area contributed by atoms with Crippen LogP contribution in [-0.4, -0.2) is 27.5 Å². The highest BCUT2D eigenvalue weighted by Gasteiger charge is 2.12. The van der Waals surface area contributed by atoms with Gasteiger partial charge in [0.05, 0.1) is 4.90 Å². The van der Waals surface area contributed by atoms with Crippen molar-refractivity contribution >= 4 is 15.7 Å². The summed E-state index contributed by atoms with van der Waals surface area (Å²) < 4.78 is 26.3. The second-order valence-electron chi connectivity index (χ2n) is 4.47. The summed E-state index contributed by atoms with van der Waals surface area (Å²) in [5.74, 6) is 0. The monoisotopic (exact) mass is 285 g/mol. The van der Waals surface area contributed by atoms with Crippen molar-refractivity contribution in [1.29, 1.82) is 0 Å². The fourth-order valence-electron chi connectivity index (χ4n) is 1.46. The van der Waals surface area contributed by atoms with Crippen LogP contribution in [0.25, 0.3) is 0 Å². The summed E-state index contributed by atoms with van der Waals surface area (Å²) in [5.41, 5.74) is 6.68. The van der Waals surface area contributed by atoms with Gasteiger partial charge in [-0.2, -0.15) is 0 Å². The predicted molar refractivity (Wildman–Crippen MR) is 78.7 cm³/mol. The standard InChI is InChI=1S/C13H23N3O2S/c1-3-9-16-19(17,18)13-7-5-12(6-8-13)15-10-11(14)4-2/h5-8,11,15-16H,3-4,9-10,14H2,1-2H3. The number of hydrogen-bond acceptors (Lipinski definition) is 4. The number of sulfonamides is 1. The first-order chi connectivity index (χ1) is 8.99. The summed E-state index contributed by atoms with van der Waals surface area (Å²) in [6, 6.07) is 6.80. The van der Waals surface area contributed by atoms with E-state index in [1.807, 2.05) is 13.8 Å². The van der Waals surface area contributed by atoms with Crippen LogP contribution in [0.4, 0.5) is 5.69 Å². The summed E-state index contributed by atoms with van der Waals surface area (Å²) in [6.07, 6.45) is 1.67. The third-order valence-electron chi connectivity index (χ3n) is 2.80. The van der Waals surface area contributed by atoms with Gasteiger partial charge >= 0.3 is 0 Å². The molecule has 0 heterocycles. The Morgan fingerprint density at radius 1 is 1.21 bits per heavy atom. The smallest absolute Gasteiger partial charge is 0.240 e. The summed E-state index contributed by atoms with van der Waals surface area (Å²) in [4.78, 5) is 0.284.